The molecule has 0 saturated carbocycles. The molecule has 3 nitrogen and oxygen atoms in total. The van der Waals surface area contributed by atoms with Crippen LogP contribution in [-0.2, 0) is 6.54 Å². The summed E-state index contributed by atoms with van der Waals surface area (Å²) < 4.78 is 0. The van der Waals surface area contributed by atoms with Gasteiger partial charge in [0, 0.05) is 17.8 Å². The van der Waals surface area contributed by atoms with E-state index in [0.29, 0.717) is 13.1 Å². The minimum atomic E-state index is 0.155. The first-order chi connectivity index (χ1) is 9.95. The molecule has 0 bridgehead atoms. The van der Waals surface area contributed by atoms with Crippen molar-refractivity contribution in [2.45, 2.75) is 27.3 Å². The third-order valence-corrected chi connectivity index (χ3v) is 3.47. The van der Waals surface area contributed by atoms with E-state index in [-0.39, 0.29) is 5.78 Å². The number of ketones is 1. The van der Waals surface area contributed by atoms with E-state index in [9.17, 15) is 4.79 Å². The third kappa shape index (κ3) is 4.23. The first kappa shape index (κ1) is 15.4. The van der Waals surface area contributed by atoms with Crippen LogP contribution in [0.1, 0.15) is 32.9 Å². The van der Waals surface area contributed by atoms with Gasteiger partial charge in [-0.15, -0.1) is 0 Å². The zero-order valence-corrected chi connectivity index (χ0v) is 13.2. The Morgan fingerprint density at radius 1 is 1.14 bits per heavy atom. The molecule has 0 fully saturated rings. The van der Waals surface area contributed by atoms with E-state index in [1.165, 1.54) is 5.56 Å². The smallest absolute Gasteiger partial charge is 0.177 e. The fraction of sp³-hybridized carbons (Fsp3) is 0.333. The molecular formula is C18H22N2O. The first-order valence-corrected chi connectivity index (χ1v) is 7.17. The van der Waals surface area contributed by atoms with Crippen molar-refractivity contribution in [3.63, 3.8) is 0 Å². The number of rotatable bonds is 5. The number of benzene rings is 1. The Kier molecular flexibility index (Phi) is 4.86. The largest absolute Gasteiger partial charge is 0.293 e. The molecule has 2 rings (SSSR count). The van der Waals surface area contributed by atoms with Crippen LogP contribution in [0.2, 0.25) is 0 Å². The quantitative estimate of drug-likeness (QED) is 0.789. The van der Waals surface area contributed by atoms with E-state index in [4.69, 9.17) is 0 Å². The zero-order chi connectivity index (χ0) is 15.4. The summed E-state index contributed by atoms with van der Waals surface area (Å²) in [6.07, 6.45) is 0. The highest BCUT2D eigenvalue weighted by molar-refractivity contribution is 5.98. The maximum Gasteiger partial charge on any atom is 0.177 e. The monoisotopic (exact) mass is 282 g/mol. The summed E-state index contributed by atoms with van der Waals surface area (Å²) in [6.45, 7) is 7.08. The highest BCUT2D eigenvalue weighted by Crippen LogP contribution is 2.12. The molecule has 110 valence electrons. The lowest BCUT2D eigenvalue weighted by molar-refractivity contribution is 0.0942. The molecule has 0 N–H and O–H groups in total. The summed E-state index contributed by atoms with van der Waals surface area (Å²) in [5, 5.41) is 0. The van der Waals surface area contributed by atoms with Crippen molar-refractivity contribution in [1.82, 2.24) is 9.88 Å². The minimum absolute atomic E-state index is 0.155. The van der Waals surface area contributed by atoms with Crippen molar-refractivity contribution in [2.24, 2.45) is 0 Å². The van der Waals surface area contributed by atoms with Crippen LogP contribution in [0.4, 0.5) is 0 Å². The van der Waals surface area contributed by atoms with Gasteiger partial charge in [0.2, 0.25) is 0 Å². The molecule has 0 unspecified atom stereocenters. The molecule has 21 heavy (non-hydrogen) atoms. The van der Waals surface area contributed by atoms with Crippen LogP contribution in [0.25, 0.3) is 0 Å². The van der Waals surface area contributed by atoms with E-state index in [2.05, 4.69) is 11.1 Å². The Morgan fingerprint density at radius 2 is 1.90 bits per heavy atom. The van der Waals surface area contributed by atoms with Crippen LogP contribution in [-0.4, -0.2) is 29.3 Å². The summed E-state index contributed by atoms with van der Waals surface area (Å²) in [5.74, 6) is 0.155. The predicted molar refractivity (Wildman–Crippen MR) is 85.6 cm³/mol. The molecule has 1 aromatic carbocycles. The second-order valence-corrected chi connectivity index (χ2v) is 5.68. The second kappa shape index (κ2) is 6.64. The Morgan fingerprint density at radius 3 is 2.57 bits per heavy atom. The Balaban J connectivity index is 2.02. The number of pyridine rings is 1. The standard InChI is InChI=1S/C18H22N2O/c1-13-8-9-17(14(2)10-13)18(21)12-20(4)11-16-7-5-6-15(3)19-16/h5-10H,11-12H2,1-4H3. The minimum Gasteiger partial charge on any atom is -0.293 e. The Bertz CT molecular complexity index is 649. The van der Waals surface area contributed by atoms with E-state index in [1.54, 1.807) is 0 Å². The molecule has 0 amide bonds. The van der Waals surface area contributed by atoms with Gasteiger partial charge >= 0.3 is 0 Å². The normalized spacial score (nSPS) is 10.9. The van der Waals surface area contributed by atoms with Crippen molar-refractivity contribution >= 4 is 5.78 Å². The SMILES string of the molecule is Cc1ccc(C(=O)CN(C)Cc2cccc(C)n2)c(C)c1. The molecule has 0 aliphatic carbocycles. The molecule has 3 heteroatoms. The van der Waals surface area contributed by atoms with Crippen molar-refractivity contribution in [1.29, 1.82) is 0 Å². The van der Waals surface area contributed by atoms with Crippen LogP contribution >= 0.6 is 0 Å². The van der Waals surface area contributed by atoms with Gasteiger partial charge in [-0.2, -0.15) is 0 Å². The summed E-state index contributed by atoms with van der Waals surface area (Å²) in [5.41, 5.74) is 5.03. The summed E-state index contributed by atoms with van der Waals surface area (Å²) in [6, 6.07) is 11.9. The molecule has 2 aromatic rings. The average Bonchev–Trinajstić information content (AvgIpc) is 2.38. The molecule has 1 heterocycles. The topological polar surface area (TPSA) is 33.2 Å². The number of nitrogens with zero attached hydrogens (tertiary/aromatic N) is 2. The second-order valence-electron chi connectivity index (χ2n) is 5.68. The number of carbonyl (C=O) groups excluding carboxylic acids is 1. The summed E-state index contributed by atoms with van der Waals surface area (Å²) in [7, 11) is 1.95. The van der Waals surface area contributed by atoms with Crippen LogP contribution in [0.5, 0.6) is 0 Å². The fourth-order valence-electron chi connectivity index (χ4n) is 2.48. The van der Waals surface area contributed by atoms with E-state index in [1.807, 2.05) is 63.1 Å². The Labute approximate surface area is 126 Å². The van der Waals surface area contributed by atoms with Gasteiger partial charge in [0.1, 0.15) is 0 Å². The molecule has 0 atom stereocenters. The molecule has 0 aliphatic heterocycles. The van der Waals surface area contributed by atoms with Gasteiger partial charge < -0.3 is 0 Å². The van der Waals surface area contributed by atoms with Gasteiger partial charge in [-0.3, -0.25) is 14.7 Å². The van der Waals surface area contributed by atoms with Gasteiger partial charge in [0.05, 0.1) is 12.2 Å². The first-order valence-electron chi connectivity index (χ1n) is 7.17. The predicted octanol–water partition coefficient (Wildman–Crippen LogP) is 3.32. The van der Waals surface area contributed by atoms with Gasteiger partial charge in [-0.25, -0.2) is 0 Å². The number of hydrogen-bond donors (Lipinski definition) is 0. The maximum absolute atomic E-state index is 12.4. The fourth-order valence-corrected chi connectivity index (χ4v) is 2.48. The number of aryl methyl sites for hydroxylation is 3. The van der Waals surface area contributed by atoms with E-state index >= 15 is 0 Å². The van der Waals surface area contributed by atoms with Gasteiger partial charge in [-0.1, -0.05) is 29.8 Å². The van der Waals surface area contributed by atoms with Crippen LogP contribution in [0.3, 0.4) is 0 Å². The van der Waals surface area contributed by atoms with Crippen molar-refractivity contribution in [3.8, 4) is 0 Å². The molecule has 1 aromatic heterocycles. The average molecular weight is 282 g/mol. The Hall–Kier alpha value is -2.00. The highest BCUT2D eigenvalue weighted by Gasteiger charge is 2.12. The van der Waals surface area contributed by atoms with Gasteiger partial charge in [-0.05, 0) is 45.5 Å². The molecule has 0 radical (unpaired) electrons. The summed E-state index contributed by atoms with van der Waals surface area (Å²) in [4.78, 5) is 18.9. The third-order valence-electron chi connectivity index (χ3n) is 3.47. The van der Waals surface area contributed by atoms with Crippen molar-refractivity contribution in [3.05, 3.63) is 64.5 Å². The zero-order valence-electron chi connectivity index (χ0n) is 13.2. The highest BCUT2D eigenvalue weighted by atomic mass is 16.1. The van der Waals surface area contributed by atoms with Crippen molar-refractivity contribution in [2.75, 3.05) is 13.6 Å². The molecule has 0 aliphatic rings. The summed E-state index contributed by atoms with van der Waals surface area (Å²) >= 11 is 0. The van der Waals surface area contributed by atoms with Crippen molar-refractivity contribution < 1.29 is 4.79 Å². The van der Waals surface area contributed by atoms with Gasteiger partial charge in [0.25, 0.3) is 0 Å². The lowest BCUT2D eigenvalue weighted by Gasteiger charge is -2.16. The van der Waals surface area contributed by atoms with Crippen LogP contribution < -0.4 is 0 Å². The number of Topliss-reactive ketones (excluding diaryl/α,β-unsaturated/α-hetero) is 1. The van der Waals surface area contributed by atoms with Crippen LogP contribution in [0, 0.1) is 20.8 Å². The van der Waals surface area contributed by atoms with E-state index in [0.717, 1.165) is 22.5 Å². The number of carbonyl (C=O) groups is 1. The lowest BCUT2D eigenvalue weighted by atomic mass is 10.0. The lowest BCUT2D eigenvalue weighted by Crippen LogP contribution is -2.26. The maximum atomic E-state index is 12.4. The van der Waals surface area contributed by atoms with Crippen LogP contribution in [0.15, 0.2) is 36.4 Å². The molecule has 0 saturated heterocycles. The number of hydrogen-bond acceptors (Lipinski definition) is 3. The number of likely N-dealkylation sites (N-methyl/N-ethyl adjacent to an activating group) is 1. The van der Waals surface area contributed by atoms with E-state index < -0.39 is 0 Å². The molecule has 0 spiro atoms. The number of aromatic nitrogens is 1. The van der Waals surface area contributed by atoms with Gasteiger partial charge in [0.15, 0.2) is 5.78 Å². The molecular weight excluding hydrogens is 260 g/mol.